The normalized spacial score (nSPS) is 12.9. The maximum Gasteiger partial charge on any atom is 0.141 e. The van der Waals surface area contributed by atoms with Crippen LogP contribution < -0.4 is 5.32 Å². The van der Waals surface area contributed by atoms with Gasteiger partial charge in [-0.05, 0) is 36.1 Å². The summed E-state index contributed by atoms with van der Waals surface area (Å²) >= 11 is 0. The van der Waals surface area contributed by atoms with Crippen LogP contribution in [0.3, 0.4) is 0 Å². The van der Waals surface area contributed by atoms with E-state index in [1.807, 2.05) is 6.20 Å². The first-order valence-corrected chi connectivity index (χ1v) is 5.97. The molecule has 1 aromatic carbocycles. The first-order chi connectivity index (χ1) is 8.83. The van der Waals surface area contributed by atoms with Crippen molar-refractivity contribution < 1.29 is 0 Å². The molecule has 0 spiro atoms. The molecular formula is C13H15N5. The van der Waals surface area contributed by atoms with Gasteiger partial charge in [-0.1, -0.05) is 6.07 Å². The molecule has 0 saturated heterocycles. The minimum absolute atomic E-state index is 0.162. The molecule has 0 amide bonds. The average molecular weight is 241 g/mol. The van der Waals surface area contributed by atoms with Crippen LogP contribution in [0.25, 0.3) is 10.9 Å². The fourth-order valence-corrected chi connectivity index (χ4v) is 2.00. The van der Waals surface area contributed by atoms with E-state index in [9.17, 15) is 0 Å². The number of hydrogen-bond acceptors (Lipinski definition) is 3. The maximum atomic E-state index is 4.14. The third-order valence-corrected chi connectivity index (χ3v) is 3.07. The zero-order valence-electron chi connectivity index (χ0n) is 10.1. The van der Waals surface area contributed by atoms with Gasteiger partial charge < -0.3 is 10.3 Å². The Hall–Kier alpha value is -2.14. The van der Waals surface area contributed by atoms with E-state index < -0.39 is 0 Å². The third-order valence-electron chi connectivity index (χ3n) is 3.07. The van der Waals surface area contributed by atoms with Gasteiger partial charge in [0.15, 0.2) is 0 Å². The molecule has 18 heavy (non-hydrogen) atoms. The van der Waals surface area contributed by atoms with Crippen LogP contribution in [-0.4, -0.2) is 20.2 Å². The van der Waals surface area contributed by atoms with Crippen molar-refractivity contribution in [3.8, 4) is 0 Å². The molecule has 0 fully saturated rings. The Labute approximate surface area is 105 Å². The van der Waals surface area contributed by atoms with Crippen molar-refractivity contribution >= 4 is 10.9 Å². The second kappa shape index (κ2) is 4.62. The quantitative estimate of drug-likeness (QED) is 0.655. The molecule has 0 aliphatic rings. The molecule has 3 aromatic rings. The van der Waals surface area contributed by atoms with Gasteiger partial charge in [-0.2, -0.15) is 5.10 Å². The molecule has 0 aliphatic heterocycles. The molecule has 0 saturated carbocycles. The SMILES string of the molecule is CC(NCc1ccc2[nH]ccc2c1)c1ncn[nH]1. The van der Waals surface area contributed by atoms with Crippen molar-refractivity contribution in [1.82, 2.24) is 25.5 Å². The van der Waals surface area contributed by atoms with Crippen molar-refractivity contribution in [3.63, 3.8) is 0 Å². The van der Waals surface area contributed by atoms with E-state index in [2.05, 4.69) is 56.7 Å². The van der Waals surface area contributed by atoms with Crippen LogP contribution in [-0.2, 0) is 6.54 Å². The second-order valence-corrected chi connectivity index (χ2v) is 4.37. The lowest BCUT2D eigenvalue weighted by molar-refractivity contribution is 0.548. The summed E-state index contributed by atoms with van der Waals surface area (Å²) in [5.41, 5.74) is 2.43. The van der Waals surface area contributed by atoms with Crippen molar-refractivity contribution in [2.24, 2.45) is 0 Å². The Morgan fingerprint density at radius 3 is 3.11 bits per heavy atom. The summed E-state index contributed by atoms with van der Waals surface area (Å²) in [6.45, 7) is 2.87. The van der Waals surface area contributed by atoms with Crippen LogP contribution in [0.1, 0.15) is 24.4 Å². The Bertz CT molecular complexity index is 626. The lowest BCUT2D eigenvalue weighted by atomic mass is 10.1. The number of nitrogens with zero attached hydrogens (tertiary/aromatic N) is 2. The highest BCUT2D eigenvalue weighted by Crippen LogP contribution is 2.15. The summed E-state index contributed by atoms with van der Waals surface area (Å²) in [5, 5.41) is 11.4. The zero-order chi connectivity index (χ0) is 12.4. The van der Waals surface area contributed by atoms with Gasteiger partial charge in [0, 0.05) is 18.3 Å². The van der Waals surface area contributed by atoms with Crippen molar-refractivity contribution in [2.75, 3.05) is 0 Å². The molecule has 5 nitrogen and oxygen atoms in total. The van der Waals surface area contributed by atoms with Crippen LogP contribution in [0.15, 0.2) is 36.8 Å². The lowest BCUT2D eigenvalue weighted by Gasteiger charge is -2.10. The second-order valence-electron chi connectivity index (χ2n) is 4.37. The number of fused-ring (bicyclic) bond motifs is 1. The molecular weight excluding hydrogens is 226 g/mol. The number of H-pyrrole nitrogens is 2. The predicted octanol–water partition coefficient (Wildman–Crippen LogP) is 2.14. The third kappa shape index (κ3) is 2.12. The largest absolute Gasteiger partial charge is 0.361 e. The van der Waals surface area contributed by atoms with Crippen LogP contribution in [0.5, 0.6) is 0 Å². The Balaban J connectivity index is 1.69. The van der Waals surface area contributed by atoms with Gasteiger partial charge in [-0.3, -0.25) is 5.10 Å². The smallest absolute Gasteiger partial charge is 0.141 e. The van der Waals surface area contributed by atoms with Crippen LogP contribution in [0.4, 0.5) is 0 Å². The Morgan fingerprint density at radius 1 is 1.33 bits per heavy atom. The molecule has 5 heteroatoms. The fourth-order valence-electron chi connectivity index (χ4n) is 2.00. The molecule has 92 valence electrons. The van der Waals surface area contributed by atoms with Gasteiger partial charge in [-0.25, -0.2) is 4.98 Å². The topological polar surface area (TPSA) is 69.4 Å². The summed E-state index contributed by atoms with van der Waals surface area (Å²) in [7, 11) is 0. The number of aromatic nitrogens is 4. The molecule has 0 radical (unpaired) electrons. The van der Waals surface area contributed by atoms with Gasteiger partial charge in [0.05, 0.1) is 6.04 Å². The summed E-state index contributed by atoms with van der Waals surface area (Å²) in [5.74, 6) is 0.859. The molecule has 1 unspecified atom stereocenters. The molecule has 3 rings (SSSR count). The number of rotatable bonds is 4. The van der Waals surface area contributed by atoms with Gasteiger partial charge in [0.25, 0.3) is 0 Å². The van der Waals surface area contributed by atoms with Gasteiger partial charge in [0.1, 0.15) is 12.2 Å². The number of nitrogens with one attached hydrogen (secondary N) is 3. The molecule has 3 N–H and O–H groups in total. The van der Waals surface area contributed by atoms with E-state index in [4.69, 9.17) is 0 Å². The molecule has 2 aromatic heterocycles. The summed E-state index contributed by atoms with van der Waals surface area (Å²) in [6, 6.07) is 8.66. The van der Waals surface area contributed by atoms with E-state index in [0.717, 1.165) is 12.4 Å². The van der Waals surface area contributed by atoms with Crippen molar-refractivity contribution in [1.29, 1.82) is 0 Å². The van der Waals surface area contributed by atoms with Crippen molar-refractivity contribution in [3.05, 3.63) is 48.2 Å². The molecule has 0 aliphatic carbocycles. The van der Waals surface area contributed by atoms with Gasteiger partial charge in [-0.15, -0.1) is 0 Å². The van der Waals surface area contributed by atoms with Crippen LogP contribution in [0.2, 0.25) is 0 Å². The first-order valence-electron chi connectivity index (χ1n) is 5.97. The van der Waals surface area contributed by atoms with E-state index in [1.54, 1.807) is 0 Å². The van der Waals surface area contributed by atoms with Crippen LogP contribution >= 0.6 is 0 Å². The van der Waals surface area contributed by atoms with Gasteiger partial charge in [0.2, 0.25) is 0 Å². The summed E-state index contributed by atoms with van der Waals surface area (Å²) < 4.78 is 0. The molecule has 0 bridgehead atoms. The summed E-state index contributed by atoms with van der Waals surface area (Å²) in [4.78, 5) is 7.33. The van der Waals surface area contributed by atoms with E-state index in [1.165, 1.54) is 22.8 Å². The Morgan fingerprint density at radius 2 is 2.28 bits per heavy atom. The maximum absolute atomic E-state index is 4.14. The zero-order valence-corrected chi connectivity index (χ0v) is 10.1. The predicted molar refractivity (Wildman–Crippen MR) is 69.9 cm³/mol. The highest BCUT2D eigenvalue weighted by molar-refractivity contribution is 5.79. The molecule has 2 heterocycles. The monoisotopic (exact) mass is 241 g/mol. The molecule has 1 atom stereocenters. The number of hydrogen-bond donors (Lipinski definition) is 3. The lowest BCUT2D eigenvalue weighted by Crippen LogP contribution is -2.19. The van der Waals surface area contributed by atoms with E-state index >= 15 is 0 Å². The summed E-state index contributed by atoms with van der Waals surface area (Å²) in [6.07, 6.45) is 3.48. The van der Waals surface area contributed by atoms with E-state index in [-0.39, 0.29) is 6.04 Å². The number of aromatic amines is 2. The van der Waals surface area contributed by atoms with E-state index in [0.29, 0.717) is 0 Å². The minimum atomic E-state index is 0.162. The highest BCUT2D eigenvalue weighted by atomic mass is 15.2. The Kier molecular flexibility index (Phi) is 2.82. The van der Waals surface area contributed by atoms with Crippen LogP contribution in [0, 0.1) is 0 Å². The average Bonchev–Trinajstić information content (AvgIpc) is 3.05. The van der Waals surface area contributed by atoms with Gasteiger partial charge >= 0.3 is 0 Å². The first kappa shape index (κ1) is 11.0. The minimum Gasteiger partial charge on any atom is -0.361 e. The standard InChI is InChI=1S/C13H15N5/c1-9(13-16-8-17-18-13)15-7-10-2-3-12-11(6-10)4-5-14-12/h2-6,8-9,14-15H,7H2,1H3,(H,16,17,18). The van der Waals surface area contributed by atoms with Crippen molar-refractivity contribution in [2.45, 2.75) is 19.5 Å². The fraction of sp³-hybridized carbons (Fsp3) is 0.231. The number of benzene rings is 1. The highest BCUT2D eigenvalue weighted by Gasteiger charge is 2.07.